The number of benzene rings is 3. The van der Waals surface area contributed by atoms with E-state index in [9.17, 15) is 63.4 Å². The van der Waals surface area contributed by atoms with E-state index in [1.165, 1.54) is 61.2 Å². The van der Waals surface area contributed by atoms with Gasteiger partial charge in [-0.2, -0.15) is 43.9 Å². The van der Waals surface area contributed by atoms with Crippen LogP contribution in [0.1, 0.15) is 78.7 Å². The normalized spacial score (nSPS) is 14.6. The number of nitrogens with one attached hydrogen (secondary N) is 3. The van der Waals surface area contributed by atoms with E-state index in [1.54, 1.807) is 64.5 Å². The number of morpholine rings is 3. The summed E-state index contributed by atoms with van der Waals surface area (Å²) in [5, 5.41) is 17.5. The lowest BCUT2D eigenvalue weighted by Gasteiger charge is -2.30. The number of aryl methyl sites for hydroxylation is 3. The SMILES string of the molecule is CO[C@@H](C)COc1ncc(-c2cc(NC(=O)c3cccc(C(F)(F)F)c3)cnc2C)cc1N1CCOCC1.Cc1ncc(NC(=O)c2cccc(C(F)(F)F)c2)cc1-c1cnc(F)c(N2CCOCC2)c1.Cc1ncc(NC(=O)c2cccc(C(F)(F)F)c2)cc1-c1cnc(OC[C@H](C)O)c(N2CCOCC2)c1. The number of carbonyl (C=O) groups is 3. The fraction of sp³-hybridized carbons (Fsp3) is 0.329. The van der Waals surface area contributed by atoms with Crippen molar-refractivity contribution in [3.8, 4) is 45.1 Å². The van der Waals surface area contributed by atoms with Crippen LogP contribution >= 0.6 is 0 Å². The lowest BCUT2D eigenvalue weighted by atomic mass is 10.0. The maximum Gasteiger partial charge on any atom is 0.416 e. The molecule has 6 aromatic heterocycles. The number of aliphatic hydroxyl groups excluding tert-OH is 1. The molecule has 108 heavy (non-hydrogen) atoms. The molecule has 12 rings (SSSR count). The molecule has 3 fully saturated rings. The molecule has 3 aliphatic rings. The molecule has 0 saturated carbocycles. The van der Waals surface area contributed by atoms with Crippen LogP contribution in [0.4, 0.5) is 78.0 Å². The molecular formula is C76H76F10N12O10. The van der Waals surface area contributed by atoms with Gasteiger partial charge in [-0.1, -0.05) is 18.2 Å². The van der Waals surface area contributed by atoms with Crippen molar-refractivity contribution in [2.45, 2.75) is 65.4 Å². The summed E-state index contributed by atoms with van der Waals surface area (Å²) in [4.78, 5) is 70.0. The number of carbonyl (C=O) groups excluding carboxylic acids is 3. The molecule has 9 heterocycles. The second-order valence-electron chi connectivity index (χ2n) is 25.1. The second-order valence-corrected chi connectivity index (χ2v) is 25.1. The minimum atomic E-state index is -4.55. The summed E-state index contributed by atoms with van der Waals surface area (Å²) in [6.07, 6.45) is -5.45. The molecule has 3 saturated heterocycles. The Balaban J connectivity index is 0.000000173. The van der Waals surface area contributed by atoms with Gasteiger partial charge in [-0.3, -0.25) is 29.3 Å². The van der Waals surface area contributed by atoms with Crippen LogP contribution in [-0.4, -0.2) is 164 Å². The molecule has 0 bridgehead atoms. The number of anilines is 6. The summed E-state index contributed by atoms with van der Waals surface area (Å²) in [6.45, 7) is 16.3. The van der Waals surface area contributed by atoms with Gasteiger partial charge in [-0.25, -0.2) is 15.0 Å². The number of rotatable bonds is 19. The summed E-state index contributed by atoms with van der Waals surface area (Å²) in [5.74, 6) is -1.80. The first kappa shape index (κ1) is 79.6. The summed E-state index contributed by atoms with van der Waals surface area (Å²) in [6, 6.07) is 23.2. The number of ether oxygens (including phenoxy) is 6. The summed E-state index contributed by atoms with van der Waals surface area (Å²) in [5.41, 5.74) is 5.82. The molecule has 4 N–H and O–H groups in total. The highest BCUT2D eigenvalue weighted by molar-refractivity contribution is 6.06. The van der Waals surface area contributed by atoms with Gasteiger partial charge in [-0.05, 0) is 126 Å². The van der Waals surface area contributed by atoms with Gasteiger partial charge >= 0.3 is 18.5 Å². The van der Waals surface area contributed by atoms with Crippen LogP contribution < -0.4 is 40.1 Å². The van der Waals surface area contributed by atoms with Gasteiger partial charge in [-0.15, -0.1) is 0 Å². The van der Waals surface area contributed by atoms with E-state index in [0.717, 1.165) is 53.3 Å². The van der Waals surface area contributed by atoms with Crippen LogP contribution in [-0.2, 0) is 37.5 Å². The standard InChI is InChI=1S/C27H29F3N4O4.C26H27F3N4O4.C23H20F4N4O2/c1-17(36-3)16-38-26-24(34-7-9-37-10-8-34)12-20(14-32-26)23-13-22(15-31-18(23)2)33-25(35)19-5-4-6-21(11-19)27(28,29)30;1-16(34)15-37-25-23(33-6-8-36-9-7-33)11-19(13-31-25)22-12-21(14-30-17(22)2)32-24(35)18-4-3-5-20(10-18)26(27,28)29;1-14-19(16-10-20(21(24)29-12-16)31-5-7-33-8-6-31)11-18(13-28-14)30-22(32)15-3-2-4-17(9-15)23(25,26)27/h4-6,11-15,17H,7-10,16H2,1-3H3,(H,33,35);3-5,10-14,16,34H,6-9,15H2,1-2H3,(H,32,35);2-4,9-13H,5-8H2,1H3,(H,30,32)/t17-;16-;/m00./s1. The number of alkyl halides is 9. The van der Waals surface area contributed by atoms with Gasteiger partial charge in [0.25, 0.3) is 17.7 Å². The molecule has 32 heteroatoms. The minimum Gasteiger partial charge on any atom is -0.473 e. The lowest BCUT2D eigenvalue weighted by Crippen LogP contribution is -2.36. The lowest BCUT2D eigenvalue weighted by molar-refractivity contribution is -0.138. The largest absolute Gasteiger partial charge is 0.473 e. The van der Waals surface area contributed by atoms with E-state index < -0.39 is 65.0 Å². The van der Waals surface area contributed by atoms with Gasteiger partial charge in [0.15, 0.2) is 0 Å². The number of hydrogen-bond acceptors (Lipinski definition) is 19. The fourth-order valence-corrected chi connectivity index (χ4v) is 11.3. The van der Waals surface area contributed by atoms with E-state index in [0.29, 0.717) is 159 Å². The van der Waals surface area contributed by atoms with Crippen molar-refractivity contribution in [2.75, 3.05) is 130 Å². The van der Waals surface area contributed by atoms with Gasteiger partial charge in [0.1, 0.15) is 24.6 Å². The summed E-state index contributed by atoms with van der Waals surface area (Å²) >= 11 is 0. The van der Waals surface area contributed by atoms with Crippen LogP contribution in [0.15, 0.2) is 146 Å². The third-order valence-corrected chi connectivity index (χ3v) is 17.2. The Morgan fingerprint density at radius 2 is 0.769 bits per heavy atom. The van der Waals surface area contributed by atoms with E-state index >= 15 is 0 Å². The zero-order valence-electron chi connectivity index (χ0n) is 59.3. The molecule has 9 aromatic rings. The maximum absolute atomic E-state index is 14.4. The maximum atomic E-state index is 14.4. The van der Waals surface area contributed by atoms with Crippen molar-refractivity contribution >= 4 is 51.8 Å². The van der Waals surface area contributed by atoms with Crippen molar-refractivity contribution in [3.63, 3.8) is 0 Å². The van der Waals surface area contributed by atoms with Crippen molar-refractivity contribution < 1.29 is 91.8 Å². The zero-order valence-corrected chi connectivity index (χ0v) is 59.3. The van der Waals surface area contributed by atoms with Crippen molar-refractivity contribution in [2.24, 2.45) is 0 Å². The van der Waals surface area contributed by atoms with Crippen LogP contribution in [0, 0.1) is 26.7 Å². The molecule has 0 unspecified atom stereocenters. The molecule has 22 nitrogen and oxygen atoms in total. The van der Waals surface area contributed by atoms with Gasteiger partial charge in [0.2, 0.25) is 17.7 Å². The van der Waals surface area contributed by atoms with Crippen molar-refractivity contribution in [1.29, 1.82) is 0 Å². The van der Waals surface area contributed by atoms with E-state index in [2.05, 4.69) is 55.7 Å². The first-order chi connectivity index (χ1) is 51.5. The second kappa shape index (κ2) is 35.6. The van der Waals surface area contributed by atoms with Crippen LogP contribution in [0.3, 0.4) is 0 Å². The Labute approximate surface area is 614 Å². The number of aliphatic hydroxyl groups is 1. The van der Waals surface area contributed by atoms with E-state index in [1.807, 2.05) is 30.9 Å². The molecule has 3 aromatic carbocycles. The first-order valence-electron chi connectivity index (χ1n) is 34.0. The number of aromatic nitrogens is 6. The van der Waals surface area contributed by atoms with Crippen molar-refractivity contribution in [3.05, 3.63) is 203 Å². The Morgan fingerprint density at radius 1 is 0.454 bits per heavy atom. The molecule has 0 spiro atoms. The van der Waals surface area contributed by atoms with Crippen LogP contribution in [0.25, 0.3) is 33.4 Å². The molecular weight excluding hydrogens is 1430 g/mol. The number of pyridine rings is 6. The highest BCUT2D eigenvalue weighted by atomic mass is 19.4. The van der Waals surface area contributed by atoms with Crippen LogP contribution in [0.2, 0.25) is 0 Å². The highest BCUT2D eigenvalue weighted by Crippen LogP contribution is 2.39. The zero-order chi connectivity index (χ0) is 77.5. The third-order valence-electron chi connectivity index (χ3n) is 17.2. The summed E-state index contributed by atoms with van der Waals surface area (Å²) < 4.78 is 165. The molecule has 2 atom stereocenters. The third kappa shape index (κ3) is 21.2. The predicted molar refractivity (Wildman–Crippen MR) is 383 cm³/mol. The van der Waals surface area contributed by atoms with Gasteiger partial charge in [0.05, 0.1) is 110 Å². The topological polar surface area (TPSA) is 250 Å². The van der Waals surface area contributed by atoms with E-state index in [-0.39, 0.29) is 35.1 Å². The van der Waals surface area contributed by atoms with Gasteiger partial charge in [0, 0.05) is 132 Å². The van der Waals surface area contributed by atoms with Crippen molar-refractivity contribution in [1.82, 2.24) is 29.9 Å². The number of amides is 3. The number of halogens is 10. The quantitative estimate of drug-likeness (QED) is 0.0434. The molecule has 3 amide bonds. The average Bonchev–Trinajstić information content (AvgIpc) is 0.803. The fourth-order valence-electron chi connectivity index (χ4n) is 11.3. The Kier molecular flexibility index (Phi) is 26.3. The molecule has 0 aliphatic carbocycles. The Morgan fingerprint density at radius 3 is 1.09 bits per heavy atom. The number of nitrogens with zero attached hydrogens (tertiary/aromatic N) is 9. The first-order valence-corrected chi connectivity index (χ1v) is 34.0. The van der Waals surface area contributed by atoms with Gasteiger partial charge < -0.3 is 64.2 Å². The van der Waals surface area contributed by atoms with E-state index in [4.69, 9.17) is 28.4 Å². The Hall–Kier alpha value is -10.9. The Bertz CT molecular complexity index is 4630. The smallest absolute Gasteiger partial charge is 0.416 e. The average molecular weight is 1510 g/mol. The molecule has 3 aliphatic heterocycles. The monoisotopic (exact) mass is 1510 g/mol. The molecule has 0 radical (unpaired) electrons. The minimum absolute atomic E-state index is 0.0846. The number of hydrogen-bond donors (Lipinski definition) is 4. The summed E-state index contributed by atoms with van der Waals surface area (Å²) in [7, 11) is 1.61. The predicted octanol–water partition coefficient (Wildman–Crippen LogP) is 14.0. The highest BCUT2D eigenvalue weighted by Gasteiger charge is 2.34. The number of methoxy groups -OCH3 is 1. The van der Waals surface area contributed by atoms with Crippen LogP contribution in [0.5, 0.6) is 11.8 Å². The molecule has 570 valence electrons.